The molecule has 1 aromatic rings. The van der Waals surface area contributed by atoms with E-state index in [9.17, 15) is 0 Å². The number of hydrogen-bond donors (Lipinski definition) is 0. The Balaban J connectivity index is 2.55. The molecule has 1 heterocycles. The van der Waals surface area contributed by atoms with Crippen molar-refractivity contribution >= 4 is 0 Å². The van der Waals surface area contributed by atoms with Gasteiger partial charge in [0, 0.05) is 6.20 Å². The zero-order valence-electron chi connectivity index (χ0n) is 7.82. The highest BCUT2D eigenvalue weighted by atomic mass is 16.5. The molecule has 0 amide bonds. The van der Waals surface area contributed by atoms with E-state index >= 15 is 0 Å². The minimum atomic E-state index is 0.206. The molecule has 0 unspecified atom stereocenters. The van der Waals surface area contributed by atoms with Crippen molar-refractivity contribution < 1.29 is 4.74 Å². The highest BCUT2D eigenvalue weighted by Gasteiger charge is 1.97. The Morgan fingerprint density at radius 2 is 2.31 bits per heavy atom. The van der Waals surface area contributed by atoms with E-state index in [1.165, 1.54) is 0 Å². The highest BCUT2D eigenvalue weighted by Crippen LogP contribution is 2.01. The first kappa shape index (κ1) is 9.69. The monoisotopic (exact) mass is 176 g/mol. The molecule has 0 spiro atoms. The average Bonchev–Trinajstić information content (AvgIpc) is 2.15. The number of rotatable bonds is 3. The molecule has 1 rings (SSSR count). The fraction of sp³-hybridized carbons (Fsp3) is 0.400. The van der Waals surface area contributed by atoms with Crippen LogP contribution in [0.3, 0.4) is 0 Å². The highest BCUT2D eigenvalue weighted by molar-refractivity contribution is 5.26. The zero-order valence-corrected chi connectivity index (χ0v) is 7.82. The second-order valence-electron chi connectivity index (χ2n) is 3.01. The fourth-order valence-electron chi connectivity index (χ4n) is 0.828. The van der Waals surface area contributed by atoms with E-state index in [-0.39, 0.29) is 6.10 Å². The first-order valence-electron chi connectivity index (χ1n) is 4.19. The Morgan fingerprint density at radius 1 is 1.54 bits per heavy atom. The van der Waals surface area contributed by atoms with Gasteiger partial charge in [-0.15, -0.1) is 0 Å². The van der Waals surface area contributed by atoms with Crippen LogP contribution in [0.5, 0.6) is 0 Å². The van der Waals surface area contributed by atoms with E-state index in [1.807, 2.05) is 19.9 Å². The summed E-state index contributed by atoms with van der Waals surface area (Å²) in [5.41, 5.74) is 1.43. The van der Waals surface area contributed by atoms with Crippen LogP contribution in [0.4, 0.5) is 0 Å². The van der Waals surface area contributed by atoms with Crippen LogP contribution in [-0.4, -0.2) is 11.1 Å². The summed E-state index contributed by atoms with van der Waals surface area (Å²) < 4.78 is 5.36. The molecule has 3 heteroatoms. The molecule has 0 atom stereocenters. The summed E-state index contributed by atoms with van der Waals surface area (Å²) in [7, 11) is 0. The van der Waals surface area contributed by atoms with Crippen molar-refractivity contribution in [3.05, 3.63) is 29.6 Å². The molecule has 0 N–H and O–H groups in total. The van der Waals surface area contributed by atoms with Gasteiger partial charge < -0.3 is 4.74 Å². The zero-order chi connectivity index (χ0) is 9.68. The third-order valence-electron chi connectivity index (χ3n) is 1.52. The number of nitriles is 1. The third-order valence-corrected chi connectivity index (χ3v) is 1.52. The molecule has 1 aromatic heterocycles. The topological polar surface area (TPSA) is 45.9 Å². The van der Waals surface area contributed by atoms with Crippen LogP contribution in [0.25, 0.3) is 0 Å². The minimum Gasteiger partial charge on any atom is -0.373 e. The molecule has 0 bridgehead atoms. The maximum atomic E-state index is 8.53. The van der Waals surface area contributed by atoms with Crippen LogP contribution in [0.2, 0.25) is 0 Å². The van der Waals surface area contributed by atoms with Gasteiger partial charge in [0.25, 0.3) is 0 Å². The van der Waals surface area contributed by atoms with E-state index in [0.717, 1.165) is 5.69 Å². The van der Waals surface area contributed by atoms with E-state index < -0.39 is 0 Å². The van der Waals surface area contributed by atoms with Crippen molar-refractivity contribution in [3.8, 4) is 6.07 Å². The van der Waals surface area contributed by atoms with Crippen LogP contribution in [0.15, 0.2) is 18.3 Å². The van der Waals surface area contributed by atoms with Gasteiger partial charge in [-0.1, -0.05) is 0 Å². The van der Waals surface area contributed by atoms with Gasteiger partial charge in [-0.2, -0.15) is 5.26 Å². The molecule has 3 nitrogen and oxygen atoms in total. The molecular formula is C10H12N2O. The number of ether oxygens (including phenoxy) is 1. The molecule has 0 aliphatic heterocycles. The molecule has 0 fully saturated rings. The molecule has 0 aliphatic carbocycles. The lowest BCUT2D eigenvalue weighted by atomic mass is 10.3. The molecular weight excluding hydrogens is 164 g/mol. The first-order chi connectivity index (χ1) is 6.22. The van der Waals surface area contributed by atoms with Crippen LogP contribution in [0.1, 0.15) is 25.1 Å². The van der Waals surface area contributed by atoms with Crippen molar-refractivity contribution in [2.24, 2.45) is 0 Å². The molecule has 0 saturated carbocycles. The second-order valence-corrected chi connectivity index (χ2v) is 3.01. The lowest BCUT2D eigenvalue weighted by Gasteiger charge is -2.05. The summed E-state index contributed by atoms with van der Waals surface area (Å²) in [6.45, 7) is 4.46. The average molecular weight is 176 g/mol. The van der Waals surface area contributed by atoms with E-state index in [0.29, 0.717) is 12.2 Å². The van der Waals surface area contributed by atoms with Gasteiger partial charge in [-0.25, -0.2) is 0 Å². The van der Waals surface area contributed by atoms with E-state index in [4.69, 9.17) is 10.00 Å². The van der Waals surface area contributed by atoms with E-state index in [1.54, 1.807) is 18.3 Å². The Morgan fingerprint density at radius 3 is 2.77 bits per heavy atom. The van der Waals surface area contributed by atoms with Crippen LogP contribution >= 0.6 is 0 Å². The van der Waals surface area contributed by atoms with Gasteiger partial charge >= 0.3 is 0 Å². The Kier molecular flexibility index (Phi) is 3.41. The van der Waals surface area contributed by atoms with Gasteiger partial charge in [0.2, 0.25) is 0 Å². The largest absolute Gasteiger partial charge is 0.373 e. The standard InChI is InChI=1S/C10H12N2O/c1-8(2)13-7-10-4-3-9(5-11)6-12-10/h3-4,6,8H,7H2,1-2H3. The van der Waals surface area contributed by atoms with E-state index in [2.05, 4.69) is 4.98 Å². The van der Waals surface area contributed by atoms with Gasteiger partial charge in [0.05, 0.1) is 24.0 Å². The van der Waals surface area contributed by atoms with Gasteiger partial charge in [-0.3, -0.25) is 4.98 Å². The van der Waals surface area contributed by atoms with Crippen LogP contribution in [0, 0.1) is 11.3 Å². The summed E-state index contributed by atoms with van der Waals surface area (Å²) in [6.07, 6.45) is 1.76. The van der Waals surface area contributed by atoms with Crippen molar-refractivity contribution in [1.29, 1.82) is 5.26 Å². The summed E-state index contributed by atoms with van der Waals surface area (Å²) in [5, 5.41) is 8.53. The molecule has 0 saturated heterocycles. The number of nitrogens with zero attached hydrogens (tertiary/aromatic N) is 2. The fourth-order valence-corrected chi connectivity index (χ4v) is 0.828. The SMILES string of the molecule is CC(C)OCc1ccc(C#N)cn1. The van der Waals surface area contributed by atoms with Gasteiger partial charge in [-0.05, 0) is 26.0 Å². The molecule has 0 radical (unpaired) electrons. The number of hydrogen-bond acceptors (Lipinski definition) is 3. The predicted octanol–water partition coefficient (Wildman–Crippen LogP) is 1.88. The third kappa shape index (κ3) is 3.22. The molecule has 13 heavy (non-hydrogen) atoms. The number of aromatic nitrogens is 1. The molecule has 0 aliphatic rings. The van der Waals surface area contributed by atoms with Crippen LogP contribution < -0.4 is 0 Å². The quantitative estimate of drug-likeness (QED) is 0.706. The first-order valence-corrected chi connectivity index (χ1v) is 4.19. The second kappa shape index (κ2) is 4.58. The van der Waals surface area contributed by atoms with Gasteiger partial charge in [0.15, 0.2) is 0 Å². The summed E-state index contributed by atoms with van der Waals surface area (Å²) >= 11 is 0. The maximum Gasteiger partial charge on any atom is 0.101 e. The Hall–Kier alpha value is -1.40. The normalized spacial score (nSPS) is 10.0. The summed E-state index contributed by atoms with van der Waals surface area (Å²) in [5.74, 6) is 0. The minimum absolute atomic E-state index is 0.206. The van der Waals surface area contributed by atoms with Crippen molar-refractivity contribution in [2.45, 2.75) is 26.6 Å². The smallest absolute Gasteiger partial charge is 0.101 e. The maximum absolute atomic E-state index is 8.53. The summed E-state index contributed by atoms with van der Waals surface area (Å²) in [4.78, 5) is 4.07. The predicted molar refractivity (Wildman–Crippen MR) is 48.9 cm³/mol. The van der Waals surface area contributed by atoms with Crippen molar-refractivity contribution in [1.82, 2.24) is 4.98 Å². The van der Waals surface area contributed by atoms with Gasteiger partial charge in [0.1, 0.15) is 6.07 Å². The summed E-state index contributed by atoms with van der Waals surface area (Å²) in [6, 6.07) is 5.56. The Bertz CT molecular complexity index is 298. The van der Waals surface area contributed by atoms with Crippen molar-refractivity contribution in [3.63, 3.8) is 0 Å². The number of pyridine rings is 1. The Labute approximate surface area is 78.0 Å². The lowest BCUT2D eigenvalue weighted by molar-refractivity contribution is 0.0636. The molecule has 0 aromatic carbocycles. The van der Waals surface area contributed by atoms with Crippen molar-refractivity contribution in [2.75, 3.05) is 0 Å². The van der Waals surface area contributed by atoms with Crippen LogP contribution in [-0.2, 0) is 11.3 Å². The molecule has 68 valence electrons. The lowest BCUT2D eigenvalue weighted by Crippen LogP contribution is -2.03.